The molecule has 0 aliphatic rings. The van der Waals surface area contributed by atoms with Crippen LogP contribution >= 0.6 is 0 Å². The zero-order valence-electron chi connectivity index (χ0n) is 9.30. The van der Waals surface area contributed by atoms with Crippen LogP contribution in [0.25, 0.3) is 0 Å². The molecule has 0 aliphatic heterocycles. The number of nitrogens with one attached hydrogen (secondary N) is 1. The molecule has 0 fully saturated rings. The van der Waals surface area contributed by atoms with Crippen LogP contribution in [0.15, 0.2) is 24.3 Å². The van der Waals surface area contributed by atoms with E-state index in [-0.39, 0.29) is 16.9 Å². The molecular formula is C12H16FNO. The topological polar surface area (TPSA) is 29.1 Å². The summed E-state index contributed by atoms with van der Waals surface area (Å²) in [5.74, 6) is -0.841. The van der Waals surface area contributed by atoms with E-state index in [1.807, 2.05) is 20.8 Å². The summed E-state index contributed by atoms with van der Waals surface area (Å²) in [6.07, 6.45) is 0. The Labute approximate surface area is 89.5 Å². The maximum atomic E-state index is 13.2. The second-order valence-electron chi connectivity index (χ2n) is 4.72. The zero-order valence-corrected chi connectivity index (χ0v) is 9.30. The molecule has 0 aromatic heterocycles. The van der Waals surface area contributed by atoms with Crippen molar-refractivity contribution in [3.8, 4) is 0 Å². The molecule has 3 heteroatoms. The fraction of sp³-hybridized carbons (Fsp3) is 0.417. The Bertz CT molecular complexity index is 355. The normalized spacial score (nSPS) is 11.2. The summed E-state index contributed by atoms with van der Waals surface area (Å²) < 4.78 is 13.2. The monoisotopic (exact) mass is 209 g/mol. The third-order valence-electron chi connectivity index (χ3n) is 1.90. The van der Waals surface area contributed by atoms with E-state index in [0.29, 0.717) is 6.54 Å². The first-order chi connectivity index (χ1) is 6.90. The van der Waals surface area contributed by atoms with Gasteiger partial charge in [-0.3, -0.25) is 4.79 Å². The standard InChI is InChI=1S/C12H16FNO/c1-12(2,3)8-14-11(15)9-6-4-5-7-10(9)13/h4-7H,8H2,1-3H3,(H,14,15). The summed E-state index contributed by atoms with van der Waals surface area (Å²) in [7, 11) is 0. The molecule has 1 amide bonds. The fourth-order valence-electron chi connectivity index (χ4n) is 1.09. The Hall–Kier alpha value is -1.38. The van der Waals surface area contributed by atoms with Gasteiger partial charge >= 0.3 is 0 Å². The number of hydrogen-bond donors (Lipinski definition) is 1. The first-order valence-electron chi connectivity index (χ1n) is 4.93. The molecule has 82 valence electrons. The minimum atomic E-state index is -0.482. The van der Waals surface area contributed by atoms with Crippen LogP contribution in [0.3, 0.4) is 0 Å². The minimum absolute atomic E-state index is 0.000909. The average Bonchev–Trinajstić information content (AvgIpc) is 2.14. The molecule has 1 rings (SSSR count). The number of rotatable bonds is 2. The molecule has 0 unspecified atom stereocenters. The van der Waals surface area contributed by atoms with Crippen molar-refractivity contribution in [2.75, 3.05) is 6.54 Å². The van der Waals surface area contributed by atoms with Gasteiger partial charge in [0, 0.05) is 6.54 Å². The van der Waals surface area contributed by atoms with Crippen LogP contribution < -0.4 is 5.32 Å². The Morgan fingerprint density at radius 2 is 1.93 bits per heavy atom. The number of benzene rings is 1. The highest BCUT2D eigenvalue weighted by molar-refractivity contribution is 5.94. The summed E-state index contributed by atoms with van der Waals surface area (Å²) in [5.41, 5.74) is 0.0998. The summed E-state index contributed by atoms with van der Waals surface area (Å²) in [5, 5.41) is 2.70. The number of halogens is 1. The lowest BCUT2D eigenvalue weighted by Gasteiger charge is -2.18. The van der Waals surface area contributed by atoms with Crippen LogP contribution in [-0.2, 0) is 0 Å². The van der Waals surface area contributed by atoms with Gasteiger partial charge in [-0.15, -0.1) is 0 Å². The van der Waals surface area contributed by atoms with Gasteiger partial charge in [0.2, 0.25) is 0 Å². The number of carbonyl (C=O) groups is 1. The van der Waals surface area contributed by atoms with Gasteiger partial charge in [-0.25, -0.2) is 4.39 Å². The third-order valence-corrected chi connectivity index (χ3v) is 1.90. The molecule has 15 heavy (non-hydrogen) atoms. The lowest BCUT2D eigenvalue weighted by atomic mass is 9.97. The molecule has 1 aromatic rings. The number of hydrogen-bond acceptors (Lipinski definition) is 1. The smallest absolute Gasteiger partial charge is 0.254 e. The van der Waals surface area contributed by atoms with E-state index < -0.39 is 5.82 Å². The first-order valence-corrected chi connectivity index (χ1v) is 4.93. The van der Waals surface area contributed by atoms with E-state index in [1.165, 1.54) is 12.1 Å². The van der Waals surface area contributed by atoms with Crippen molar-refractivity contribution in [3.63, 3.8) is 0 Å². The molecule has 1 aromatic carbocycles. The largest absolute Gasteiger partial charge is 0.351 e. The number of amides is 1. The van der Waals surface area contributed by atoms with Crippen molar-refractivity contribution < 1.29 is 9.18 Å². The van der Waals surface area contributed by atoms with Gasteiger partial charge in [0.25, 0.3) is 5.91 Å². The Morgan fingerprint density at radius 1 is 1.33 bits per heavy atom. The van der Waals surface area contributed by atoms with Gasteiger partial charge in [0.15, 0.2) is 0 Å². The highest BCUT2D eigenvalue weighted by atomic mass is 19.1. The van der Waals surface area contributed by atoms with Gasteiger partial charge in [0.1, 0.15) is 5.82 Å². The SMILES string of the molecule is CC(C)(C)CNC(=O)c1ccccc1F. The van der Waals surface area contributed by atoms with Crippen molar-refractivity contribution in [1.82, 2.24) is 5.32 Å². The van der Waals surface area contributed by atoms with Gasteiger partial charge in [-0.1, -0.05) is 32.9 Å². The van der Waals surface area contributed by atoms with E-state index in [9.17, 15) is 9.18 Å². The van der Waals surface area contributed by atoms with Crippen molar-refractivity contribution in [1.29, 1.82) is 0 Å². The van der Waals surface area contributed by atoms with Gasteiger partial charge in [-0.2, -0.15) is 0 Å². The quantitative estimate of drug-likeness (QED) is 0.797. The predicted molar refractivity (Wildman–Crippen MR) is 58.2 cm³/mol. The predicted octanol–water partition coefficient (Wildman–Crippen LogP) is 2.60. The van der Waals surface area contributed by atoms with E-state index in [1.54, 1.807) is 12.1 Å². The lowest BCUT2D eigenvalue weighted by molar-refractivity contribution is 0.0935. The van der Waals surface area contributed by atoms with E-state index >= 15 is 0 Å². The van der Waals surface area contributed by atoms with Crippen LogP contribution in [0.4, 0.5) is 4.39 Å². The Morgan fingerprint density at radius 3 is 2.47 bits per heavy atom. The fourth-order valence-corrected chi connectivity index (χ4v) is 1.09. The maximum Gasteiger partial charge on any atom is 0.254 e. The molecule has 0 radical (unpaired) electrons. The van der Waals surface area contributed by atoms with E-state index in [2.05, 4.69) is 5.32 Å². The highest BCUT2D eigenvalue weighted by Gasteiger charge is 2.14. The van der Waals surface area contributed by atoms with Crippen molar-refractivity contribution in [3.05, 3.63) is 35.6 Å². The average molecular weight is 209 g/mol. The Kier molecular flexibility index (Phi) is 3.45. The molecule has 0 bridgehead atoms. The van der Waals surface area contributed by atoms with Gasteiger partial charge in [0.05, 0.1) is 5.56 Å². The van der Waals surface area contributed by atoms with Crippen LogP contribution in [0.2, 0.25) is 0 Å². The van der Waals surface area contributed by atoms with Gasteiger partial charge in [-0.05, 0) is 17.5 Å². The van der Waals surface area contributed by atoms with E-state index in [4.69, 9.17) is 0 Å². The van der Waals surface area contributed by atoms with Crippen LogP contribution in [0.1, 0.15) is 31.1 Å². The van der Waals surface area contributed by atoms with Crippen LogP contribution in [0.5, 0.6) is 0 Å². The molecular weight excluding hydrogens is 193 g/mol. The molecule has 0 spiro atoms. The zero-order chi connectivity index (χ0) is 11.5. The number of carbonyl (C=O) groups excluding carboxylic acids is 1. The van der Waals surface area contributed by atoms with Crippen molar-refractivity contribution in [2.24, 2.45) is 5.41 Å². The van der Waals surface area contributed by atoms with E-state index in [0.717, 1.165) is 0 Å². The second-order valence-corrected chi connectivity index (χ2v) is 4.72. The molecule has 0 saturated heterocycles. The summed E-state index contributed by atoms with van der Waals surface area (Å²) in [6.45, 7) is 6.55. The maximum absolute atomic E-state index is 13.2. The summed E-state index contributed by atoms with van der Waals surface area (Å²) in [4.78, 5) is 11.6. The third kappa shape index (κ3) is 3.70. The van der Waals surface area contributed by atoms with Crippen LogP contribution in [-0.4, -0.2) is 12.5 Å². The molecule has 1 N–H and O–H groups in total. The first kappa shape index (κ1) is 11.7. The minimum Gasteiger partial charge on any atom is -0.351 e. The summed E-state index contributed by atoms with van der Waals surface area (Å²) in [6, 6.07) is 5.98. The van der Waals surface area contributed by atoms with Gasteiger partial charge < -0.3 is 5.32 Å². The molecule has 0 heterocycles. The van der Waals surface area contributed by atoms with Crippen LogP contribution in [0, 0.1) is 11.2 Å². The highest BCUT2D eigenvalue weighted by Crippen LogP contribution is 2.11. The summed E-state index contributed by atoms with van der Waals surface area (Å²) >= 11 is 0. The Balaban J connectivity index is 2.66. The van der Waals surface area contributed by atoms with Crippen molar-refractivity contribution in [2.45, 2.75) is 20.8 Å². The molecule has 2 nitrogen and oxygen atoms in total. The molecule has 0 atom stereocenters. The van der Waals surface area contributed by atoms with Crippen molar-refractivity contribution >= 4 is 5.91 Å². The molecule has 0 aliphatic carbocycles. The molecule has 0 saturated carbocycles. The lowest BCUT2D eigenvalue weighted by Crippen LogP contribution is -2.32. The second kappa shape index (κ2) is 4.43.